The minimum Gasteiger partial charge on any atom is -0.481 e. The lowest BCUT2D eigenvalue weighted by Gasteiger charge is -2.36. The molecule has 1 fully saturated rings. The number of ether oxygens (including phenoxy) is 1. The van der Waals surface area contributed by atoms with E-state index in [1.54, 1.807) is 18.9 Å². The maximum atomic E-state index is 12.5. The van der Waals surface area contributed by atoms with E-state index in [1.807, 2.05) is 32.0 Å². The Hall–Kier alpha value is -1.55. The first kappa shape index (κ1) is 16.8. The summed E-state index contributed by atoms with van der Waals surface area (Å²) in [5, 5.41) is 10.1. The molecule has 0 bridgehead atoms. The molecule has 0 aromatic heterocycles. The van der Waals surface area contributed by atoms with Crippen molar-refractivity contribution in [3.05, 3.63) is 29.3 Å². The Morgan fingerprint density at radius 2 is 1.95 bits per heavy atom. The number of likely N-dealkylation sites (N-methyl/N-ethyl adjacent to an activating group) is 1. The van der Waals surface area contributed by atoms with Gasteiger partial charge in [-0.25, -0.2) is 0 Å². The summed E-state index contributed by atoms with van der Waals surface area (Å²) < 4.78 is 5.79. The summed E-state index contributed by atoms with van der Waals surface area (Å²) in [7, 11) is 1.77. The van der Waals surface area contributed by atoms with Gasteiger partial charge < -0.3 is 14.7 Å². The second-order valence-electron chi connectivity index (χ2n) is 6.37. The molecule has 1 aromatic carbocycles. The zero-order valence-corrected chi connectivity index (χ0v) is 14.0. The van der Waals surface area contributed by atoms with Crippen molar-refractivity contribution in [1.29, 1.82) is 0 Å². The van der Waals surface area contributed by atoms with Crippen molar-refractivity contribution >= 4 is 5.91 Å². The SMILES string of the molecule is Cc1ccc(O[C@H](C)C(=O)N(C)[C@H]2CCCC[C@H]2O)cc1C. The smallest absolute Gasteiger partial charge is 0.263 e. The van der Waals surface area contributed by atoms with Gasteiger partial charge in [-0.3, -0.25) is 4.79 Å². The van der Waals surface area contributed by atoms with Gasteiger partial charge in [0.1, 0.15) is 5.75 Å². The number of amides is 1. The molecule has 3 atom stereocenters. The third kappa shape index (κ3) is 3.80. The van der Waals surface area contributed by atoms with Gasteiger partial charge in [-0.15, -0.1) is 0 Å². The Labute approximate surface area is 133 Å². The van der Waals surface area contributed by atoms with Gasteiger partial charge in [-0.1, -0.05) is 18.9 Å². The van der Waals surface area contributed by atoms with E-state index in [0.29, 0.717) is 5.75 Å². The van der Waals surface area contributed by atoms with Crippen LogP contribution in [0.3, 0.4) is 0 Å². The van der Waals surface area contributed by atoms with Crippen LogP contribution >= 0.6 is 0 Å². The second-order valence-corrected chi connectivity index (χ2v) is 6.37. The van der Waals surface area contributed by atoms with Crippen LogP contribution < -0.4 is 4.74 Å². The Morgan fingerprint density at radius 1 is 1.27 bits per heavy atom. The fourth-order valence-corrected chi connectivity index (χ4v) is 3.04. The van der Waals surface area contributed by atoms with Crippen molar-refractivity contribution in [3.63, 3.8) is 0 Å². The topological polar surface area (TPSA) is 49.8 Å². The molecule has 1 saturated carbocycles. The van der Waals surface area contributed by atoms with E-state index in [9.17, 15) is 9.90 Å². The normalized spacial score (nSPS) is 23.0. The summed E-state index contributed by atoms with van der Waals surface area (Å²) in [4.78, 5) is 14.2. The highest BCUT2D eigenvalue weighted by atomic mass is 16.5. The van der Waals surface area contributed by atoms with E-state index < -0.39 is 12.2 Å². The number of hydrogen-bond acceptors (Lipinski definition) is 3. The van der Waals surface area contributed by atoms with Crippen LogP contribution in [0.5, 0.6) is 5.75 Å². The molecule has 0 spiro atoms. The molecule has 1 N–H and O–H groups in total. The summed E-state index contributed by atoms with van der Waals surface area (Å²) in [6, 6.07) is 5.75. The number of benzene rings is 1. The molecule has 0 aliphatic heterocycles. The van der Waals surface area contributed by atoms with Gasteiger partial charge in [0.15, 0.2) is 6.10 Å². The van der Waals surface area contributed by atoms with E-state index >= 15 is 0 Å². The molecule has 0 saturated heterocycles. The highest BCUT2D eigenvalue weighted by Gasteiger charge is 2.31. The van der Waals surface area contributed by atoms with Gasteiger partial charge >= 0.3 is 0 Å². The number of nitrogens with zero attached hydrogens (tertiary/aromatic N) is 1. The molecule has 22 heavy (non-hydrogen) atoms. The standard InChI is InChI=1S/C18H27NO3/c1-12-9-10-15(11-13(12)2)22-14(3)18(21)19(4)16-7-5-6-8-17(16)20/h9-11,14,16-17,20H,5-8H2,1-4H3/t14-,16+,17-/m1/s1. The van der Waals surface area contributed by atoms with Crippen LogP contribution in [0.15, 0.2) is 18.2 Å². The van der Waals surface area contributed by atoms with E-state index in [-0.39, 0.29) is 11.9 Å². The first-order chi connectivity index (χ1) is 10.4. The molecule has 0 heterocycles. The zero-order valence-electron chi connectivity index (χ0n) is 14.0. The second kappa shape index (κ2) is 7.14. The number of aliphatic hydroxyl groups is 1. The van der Waals surface area contributed by atoms with Gasteiger partial charge in [0.05, 0.1) is 12.1 Å². The molecule has 0 radical (unpaired) electrons. The van der Waals surface area contributed by atoms with Crippen molar-refractivity contribution in [1.82, 2.24) is 4.90 Å². The van der Waals surface area contributed by atoms with Crippen LogP contribution in [0.1, 0.15) is 43.7 Å². The van der Waals surface area contributed by atoms with Crippen LogP contribution in [0.25, 0.3) is 0 Å². The average molecular weight is 305 g/mol. The highest BCUT2D eigenvalue weighted by Crippen LogP contribution is 2.24. The molecule has 1 aliphatic rings. The maximum absolute atomic E-state index is 12.5. The quantitative estimate of drug-likeness (QED) is 0.930. The van der Waals surface area contributed by atoms with Crippen molar-refractivity contribution in [2.75, 3.05) is 7.05 Å². The van der Waals surface area contributed by atoms with Crippen LogP contribution in [-0.4, -0.2) is 41.2 Å². The Kier molecular flexibility index (Phi) is 5.46. The molecule has 4 heteroatoms. The lowest BCUT2D eigenvalue weighted by Crippen LogP contribution is -2.50. The van der Waals surface area contributed by atoms with Crippen LogP contribution in [0.2, 0.25) is 0 Å². The van der Waals surface area contributed by atoms with Crippen molar-refractivity contribution < 1.29 is 14.6 Å². The summed E-state index contributed by atoms with van der Waals surface area (Å²) in [5.74, 6) is 0.630. The molecular formula is C18H27NO3. The largest absolute Gasteiger partial charge is 0.481 e. The minimum absolute atomic E-state index is 0.0795. The average Bonchev–Trinajstić information content (AvgIpc) is 2.50. The fourth-order valence-electron chi connectivity index (χ4n) is 3.04. The first-order valence-electron chi connectivity index (χ1n) is 8.09. The Balaban J connectivity index is 2.00. The molecule has 1 aromatic rings. The number of hydrogen-bond donors (Lipinski definition) is 1. The number of carbonyl (C=O) groups excluding carboxylic acids is 1. The predicted octanol–water partition coefficient (Wildman–Crippen LogP) is 2.83. The van der Waals surface area contributed by atoms with E-state index in [0.717, 1.165) is 31.2 Å². The summed E-state index contributed by atoms with van der Waals surface area (Å²) >= 11 is 0. The first-order valence-corrected chi connectivity index (χ1v) is 8.09. The van der Waals surface area contributed by atoms with Crippen LogP contribution in [-0.2, 0) is 4.79 Å². The number of carbonyl (C=O) groups is 1. The van der Waals surface area contributed by atoms with Gasteiger partial charge in [-0.2, -0.15) is 0 Å². The summed E-state index contributed by atoms with van der Waals surface area (Å²) in [6.45, 7) is 5.84. The molecule has 122 valence electrons. The Morgan fingerprint density at radius 3 is 2.59 bits per heavy atom. The lowest BCUT2D eigenvalue weighted by atomic mass is 9.91. The number of aliphatic hydroxyl groups excluding tert-OH is 1. The number of aryl methyl sites for hydroxylation is 2. The summed E-state index contributed by atoms with van der Waals surface area (Å²) in [5.41, 5.74) is 2.35. The van der Waals surface area contributed by atoms with E-state index in [4.69, 9.17) is 4.74 Å². The number of rotatable bonds is 4. The van der Waals surface area contributed by atoms with Gasteiger partial charge in [0.25, 0.3) is 5.91 Å². The molecular weight excluding hydrogens is 278 g/mol. The molecule has 0 unspecified atom stereocenters. The third-order valence-electron chi connectivity index (χ3n) is 4.68. The summed E-state index contributed by atoms with van der Waals surface area (Å²) in [6.07, 6.45) is 2.76. The van der Waals surface area contributed by atoms with E-state index in [2.05, 4.69) is 0 Å². The highest BCUT2D eigenvalue weighted by molar-refractivity contribution is 5.81. The van der Waals surface area contributed by atoms with Crippen molar-refractivity contribution in [2.45, 2.75) is 64.7 Å². The molecule has 1 aliphatic carbocycles. The van der Waals surface area contributed by atoms with Crippen molar-refractivity contribution in [3.8, 4) is 5.75 Å². The Bertz CT molecular complexity index is 529. The van der Waals surface area contributed by atoms with Gasteiger partial charge in [-0.05, 0) is 56.9 Å². The lowest BCUT2D eigenvalue weighted by molar-refractivity contribution is -0.142. The molecule has 1 amide bonds. The zero-order chi connectivity index (χ0) is 16.3. The third-order valence-corrected chi connectivity index (χ3v) is 4.68. The van der Waals surface area contributed by atoms with Crippen LogP contribution in [0, 0.1) is 13.8 Å². The monoisotopic (exact) mass is 305 g/mol. The predicted molar refractivity (Wildman–Crippen MR) is 87.0 cm³/mol. The van der Waals surface area contributed by atoms with E-state index in [1.165, 1.54) is 5.56 Å². The van der Waals surface area contributed by atoms with Crippen LogP contribution in [0.4, 0.5) is 0 Å². The molecule has 4 nitrogen and oxygen atoms in total. The minimum atomic E-state index is -0.554. The van der Waals surface area contributed by atoms with Gasteiger partial charge in [0, 0.05) is 7.05 Å². The van der Waals surface area contributed by atoms with Crippen molar-refractivity contribution in [2.24, 2.45) is 0 Å². The maximum Gasteiger partial charge on any atom is 0.263 e. The molecule has 2 rings (SSSR count). The van der Waals surface area contributed by atoms with Gasteiger partial charge in [0.2, 0.25) is 0 Å². The fraction of sp³-hybridized carbons (Fsp3) is 0.611.